The summed E-state index contributed by atoms with van der Waals surface area (Å²) in [6.45, 7) is 0.134. The molecule has 0 aliphatic carbocycles. The fourth-order valence-electron chi connectivity index (χ4n) is 2.08. The maximum Gasteiger partial charge on any atom is 0.263 e. The van der Waals surface area contributed by atoms with E-state index in [0.717, 1.165) is 5.56 Å². The Morgan fingerprint density at radius 3 is 2.54 bits per heavy atom. The van der Waals surface area contributed by atoms with Gasteiger partial charge in [-0.25, -0.2) is 14.4 Å². The molecule has 132 valence electrons. The predicted octanol–water partition coefficient (Wildman–Crippen LogP) is 3.21. The summed E-state index contributed by atoms with van der Waals surface area (Å²) in [5.41, 5.74) is 1.00. The molecule has 0 fully saturated rings. The number of ether oxygens (including phenoxy) is 2. The number of benzene rings is 2. The van der Waals surface area contributed by atoms with E-state index in [1.165, 1.54) is 36.7 Å². The van der Waals surface area contributed by atoms with Gasteiger partial charge in [0.25, 0.3) is 5.91 Å². The largest absolute Gasteiger partial charge is 0.484 e. The fourth-order valence-corrected chi connectivity index (χ4v) is 2.08. The third-order valence-corrected chi connectivity index (χ3v) is 3.32. The van der Waals surface area contributed by atoms with Crippen LogP contribution in [0.3, 0.4) is 0 Å². The average molecular weight is 353 g/mol. The molecule has 1 heterocycles. The maximum atomic E-state index is 12.8. The van der Waals surface area contributed by atoms with Gasteiger partial charge in [-0.3, -0.25) is 4.79 Å². The SMILES string of the molecule is O=C(COc1ccc(F)cc1)Nc1cc(OCc2ccccc2)ncn1. The number of nitrogens with one attached hydrogen (secondary N) is 1. The van der Waals surface area contributed by atoms with Crippen LogP contribution in [-0.2, 0) is 11.4 Å². The Morgan fingerprint density at radius 1 is 1.00 bits per heavy atom. The second kappa shape index (κ2) is 8.57. The van der Waals surface area contributed by atoms with Crippen molar-refractivity contribution in [1.29, 1.82) is 0 Å². The lowest BCUT2D eigenvalue weighted by atomic mass is 10.2. The highest BCUT2D eigenvalue weighted by Gasteiger charge is 2.07. The van der Waals surface area contributed by atoms with Gasteiger partial charge in [-0.05, 0) is 29.8 Å². The minimum Gasteiger partial charge on any atom is -0.484 e. The number of halogens is 1. The predicted molar refractivity (Wildman–Crippen MR) is 93.3 cm³/mol. The van der Waals surface area contributed by atoms with Gasteiger partial charge in [-0.15, -0.1) is 0 Å². The summed E-state index contributed by atoms with van der Waals surface area (Å²) < 4.78 is 23.7. The first-order valence-corrected chi connectivity index (χ1v) is 7.86. The highest BCUT2D eigenvalue weighted by Crippen LogP contribution is 2.14. The van der Waals surface area contributed by atoms with Gasteiger partial charge >= 0.3 is 0 Å². The number of hydrogen-bond donors (Lipinski definition) is 1. The van der Waals surface area contributed by atoms with Crippen LogP contribution in [0.25, 0.3) is 0 Å². The molecular weight excluding hydrogens is 337 g/mol. The van der Waals surface area contributed by atoms with Crippen LogP contribution in [0.15, 0.2) is 67.0 Å². The summed E-state index contributed by atoms with van der Waals surface area (Å²) >= 11 is 0. The second-order valence-corrected chi connectivity index (χ2v) is 5.31. The number of aromatic nitrogens is 2. The molecule has 1 N–H and O–H groups in total. The first-order chi connectivity index (χ1) is 12.7. The Bertz CT molecular complexity index is 857. The Kier molecular flexibility index (Phi) is 5.72. The van der Waals surface area contributed by atoms with Crippen LogP contribution in [0.5, 0.6) is 11.6 Å². The van der Waals surface area contributed by atoms with Gasteiger partial charge in [0, 0.05) is 6.07 Å². The molecule has 7 heteroatoms. The van der Waals surface area contributed by atoms with Crippen molar-refractivity contribution in [2.45, 2.75) is 6.61 Å². The van der Waals surface area contributed by atoms with E-state index in [-0.39, 0.29) is 12.4 Å². The van der Waals surface area contributed by atoms with Gasteiger partial charge in [-0.2, -0.15) is 0 Å². The smallest absolute Gasteiger partial charge is 0.263 e. The van der Waals surface area contributed by atoms with Gasteiger partial charge in [0.1, 0.15) is 30.3 Å². The fraction of sp³-hybridized carbons (Fsp3) is 0.105. The highest BCUT2D eigenvalue weighted by atomic mass is 19.1. The maximum absolute atomic E-state index is 12.8. The molecular formula is C19H16FN3O3. The van der Waals surface area contributed by atoms with Crippen molar-refractivity contribution in [2.75, 3.05) is 11.9 Å². The molecule has 1 aromatic heterocycles. The van der Waals surface area contributed by atoms with Crippen LogP contribution in [0, 0.1) is 5.82 Å². The molecule has 0 atom stereocenters. The number of rotatable bonds is 7. The summed E-state index contributed by atoms with van der Waals surface area (Å²) in [5.74, 6) is 0.276. The van der Waals surface area contributed by atoms with Gasteiger partial charge in [-0.1, -0.05) is 30.3 Å². The zero-order chi connectivity index (χ0) is 18.2. The first-order valence-electron chi connectivity index (χ1n) is 7.86. The molecule has 0 bridgehead atoms. The standard InChI is InChI=1S/C19H16FN3O3/c20-15-6-8-16(9-7-15)25-12-18(24)23-17-10-19(22-13-21-17)26-11-14-4-2-1-3-5-14/h1-10,13H,11-12H2,(H,21,22,23,24). The highest BCUT2D eigenvalue weighted by molar-refractivity contribution is 5.91. The van der Waals surface area contributed by atoms with Crippen LogP contribution in [-0.4, -0.2) is 22.5 Å². The van der Waals surface area contributed by atoms with E-state index in [4.69, 9.17) is 9.47 Å². The molecule has 0 aliphatic heterocycles. The van der Waals surface area contributed by atoms with Crippen molar-refractivity contribution in [3.05, 3.63) is 78.4 Å². The third kappa shape index (κ3) is 5.27. The minimum absolute atomic E-state index is 0.226. The van der Waals surface area contributed by atoms with Crippen LogP contribution in [0.2, 0.25) is 0 Å². The van der Waals surface area contributed by atoms with Gasteiger partial charge in [0.15, 0.2) is 6.61 Å². The van der Waals surface area contributed by atoms with Crippen LogP contribution in [0.4, 0.5) is 10.2 Å². The number of carbonyl (C=O) groups is 1. The van der Waals surface area contributed by atoms with E-state index in [1.54, 1.807) is 0 Å². The van der Waals surface area contributed by atoms with Crippen molar-refractivity contribution < 1.29 is 18.7 Å². The molecule has 26 heavy (non-hydrogen) atoms. The van der Waals surface area contributed by atoms with Crippen molar-refractivity contribution >= 4 is 11.7 Å². The monoisotopic (exact) mass is 353 g/mol. The van der Waals surface area contributed by atoms with Gasteiger partial charge in [0.05, 0.1) is 0 Å². The molecule has 0 saturated heterocycles. The normalized spacial score (nSPS) is 10.2. The lowest BCUT2D eigenvalue weighted by Crippen LogP contribution is -2.20. The molecule has 0 aliphatic rings. The first kappa shape index (κ1) is 17.3. The van der Waals surface area contributed by atoms with E-state index in [1.807, 2.05) is 30.3 Å². The molecule has 2 aromatic carbocycles. The van der Waals surface area contributed by atoms with E-state index in [9.17, 15) is 9.18 Å². The average Bonchev–Trinajstić information content (AvgIpc) is 2.67. The molecule has 0 saturated carbocycles. The van der Waals surface area contributed by atoms with E-state index in [0.29, 0.717) is 24.1 Å². The number of hydrogen-bond acceptors (Lipinski definition) is 5. The van der Waals surface area contributed by atoms with E-state index in [2.05, 4.69) is 15.3 Å². The Hall–Kier alpha value is -3.48. The second-order valence-electron chi connectivity index (χ2n) is 5.31. The molecule has 3 rings (SSSR count). The Balaban J connectivity index is 1.51. The zero-order valence-corrected chi connectivity index (χ0v) is 13.8. The lowest BCUT2D eigenvalue weighted by Gasteiger charge is -2.08. The molecule has 0 radical (unpaired) electrons. The van der Waals surface area contributed by atoms with Crippen molar-refractivity contribution in [3.8, 4) is 11.6 Å². The van der Waals surface area contributed by atoms with E-state index < -0.39 is 5.91 Å². The van der Waals surface area contributed by atoms with Gasteiger partial charge in [0.2, 0.25) is 5.88 Å². The lowest BCUT2D eigenvalue weighted by molar-refractivity contribution is -0.118. The zero-order valence-electron chi connectivity index (χ0n) is 13.8. The molecule has 6 nitrogen and oxygen atoms in total. The topological polar surface area (TPSA) is 73.3 Å². The van der Waals surface area contributed by atoms with Crippen LogP contribution in [0.1, 0.15) is 5.56 Å². The van der Waals surface area contributed by atoms with Crippen molar-refractivity contribution in [2.24, 2.45) is 0 Å². The summed E-state index contributed by atoms with van der Waals surface area (Å²) in [6, 6.07) is 16.6. The van der Waals surface area contributed by atoms with Crippen molar-refractivity contribution in [3.63, 3.8) is 0 Å². The summed E-state index contributed by atoms with van der Waals surface area (Å²) in [7, 11) is 0. The quantitative estimate of drug-likeness (QED) is 0.706. The number of anilines is 1. The molecule has 1 amide bonds. The summed E-state index contributed by atoms with van der Waals surface area (Å²) in [6.07, 6.45) is 1.30. The molecule has 0 spiro atoms. The molecule has 0 unspecified atom stereocenters. The summed E-state index contributed by atoms with van der Waals surface area (Å²) in [5, 5.41) is 2.59. The number of amides is 1. The molecule has 3 aromatic rings. The number of carbonyl (C=O) groups excluding carboxylic acids is 1. The number of nitrogens with zero attached hydrogens (tertiary/aromatic N) is 2. The Morgan fingerprint density at radius 2 is 1.77 bits per heavy atom. The minimum atomic E-state index is -0.401. The van der Waals surface area contributed by atoms with Crippen LogP contribution < -0.4 is 14.8 Å². The third-order valence-electron chi connectivity index (χ3n) is 3.32. The Labute approximate surface area is 149 Å². The van der Waals surface area contributed by atoms with Gasteiger partial charge < -0.3 is 14.8 Å². The van der Waals surface area contributed by atoms with Crippen molar-refractivity contribution in [1.82, 2.24) is 9.97 Å². The van der Waals surface area contributed by atoms with Crippen LogP contribution >= 0.6 is 0 Å². The van der Waals surface area contributed by atoms with E-state index >= 15 is 0 Å². The summed E-state index contributed by atoms with van der Waals surface area (Å²) in [4.78, 5) is 19.9.